The van der Waals surface area contributed by atoms with Gasteiger partial charge in [0.2, 0.25) is 0 Å². The Morgan fingerprint density at radius 1 is 1.12 bits per heavy atom. The van der Waals surface area contributed by atoms with Crippen LogP contribution >= 0.6 is 11.6 Å². The number of furan rings is 1. The minimum Gasteiger partial charge on any atom is -0.465 e. The quantitative estimate of drug-likeness (QED) is 0.717. The molecule has 0 saturated heterocycles. The highest BCUT2D eigenvalue weighted by Gasteiger charge is 2.12. The van der Waals surface area contributed by atoms with Crippen LogP contribution < -0.4 is 0 Å². The van der Waals surface area contributed by atoms with Crippen molar-refractivity contribution in [1.29, 1.82) is 0 Å². The van der Waals surface area contributed by atoms with Crippen LogP contribution in [0, 0.1) is 0 Å². The maximum atomic E-state index is 6.32. The van der Waals surface area contributed by atoms with Crippen LogP contribution in [-0.2, 0) is 12.8 Å². The maximum absolute atomic E-state index is 6.32. The van der Waals surface area contributed by atoms with E-state index in [4.69, 9.17) is 16.0 Å². The average Bonchev–Trinajstić information content (AvgIpc) is 2.79. The average molecular weight is 235 g/mol. The molecule has 0 fully saturated rings. The normalized spacial score (nSPS) is 12.6. The van der Waals surface area contributed by atoms with Gasteiger partial charge in [-0.1, -0.05) is 37.3 Å². The summed E-state index contributed by atoms with van der Waals surface area (Å²) in [7, 11) is 0. The van der Waals surface area contributed by atoms with Crippen LogP contribution in [-0.4, -0.2) is 0 Å². The summed E-state index contributed by atoms with van der Waals surface area (Å²) in [5, 5.41) is -0.0808. The molecule has 0 bridgehead atoms. The van der Waals surface area contributed by atoms with E-state index in [9.17, 15) is 0 Å². The second kappa shape index (κ2) is 5.22. The first-order valence-corrected chi connectivity index (χ1v) is 6.00. The molecule has 1 unspecified atom stereocenters. The van der Waals surface area contributed by atoms with Gasteiger partial charge >= 0.3 is 0 Å². The van der Waals surface area contributed by atoms with E-state index in [-0.39, 0.29) is 5.38 Å². The molecule has 1 aromatic heterocycles. The second-order valence-electron chi connectivity index (χ2n) is 3.81. The van der Waals surface area contributed by atoms with E-state index in [1.165, 1.54) is 5.56 Å². The lowest BCUT2D eigenvalue weighted by Crippen LogP contribution is -1.93. The predicted molar refractivity (Wildman–Crippen MR) is 66.8 cm³/mol. The zero-order valence-corrected chi connectivity index (χ0v) is 10.1. The van der Waals surface area contributed by atoms with Crippen LogP contribution in [0.2, 0.25) is 0 Å². The smallest absolute Gasteiger partial charge is 0.122 e. The van der Waals surface area contributed by atoms with Gasteiger partial charge in [0.25, 0.3) is 0 Å². The van der Waals surface area contributed by atoms with E-state index in [1.54, 1.807) is 0 Å². The Kier molecular flexibility index (Phi) is 3.68. The summed E-state index contributed by atoms with van der Waals surface area (Å²) < 4.78 is 5.63. The Hall–Kier alpha value is -1.21. The first-order valence-electron chi connectivity index (χ1n) is 5.56. The lowest BCUT2D eigenvalue weighted by molar-refractivity contribution is 0.464. The number of halogens is 1. The van der Waals surface area contributed by atoms with Crippen molar-refractivity contribution in [1.82, 2.24) is 0 Å². The Morgan fingerprint density at radius 3 is 2.50 bits per heavy atom. The molecule has 0 N–H and O–H groups in total. The Labute approximate surface area is 101 Å². The topological polar surface area (TPSA) is 13.1 Å². The third-order valence-electron chi connectivity index (χ3n) is 2.60. The number of aryl methyl sites for hydroxylation is 1. The lowest BCUT2D eigenvalue weighted by Gasteiger charge is -2.06. The molecule has 84 valence electrons. The summed E-state index contributed by atoms with van der Waals surface area (Å²) in [6.45, 7) is 2.07. The number of rotatable bonds is 4. The molecule has 1 aromatic carbocycles. The molecule has 16 heavy (non-hydrogen) atoms. The van der Waals surface area contributed by atoms with Crippen molar-refractivity contribution in [3.8, 4) is 0 Å². The van der Waals surface area contributed by atoms with Crippen LogP contribution in [0.1, 0.15) is 29.4 Å². The third-order valence-corrected chi connectivity index (χ3v) is 2.97. The summed E-state index contributed by atoms with van der Waals surface area (Å²) >= 11 is 6.32. The summed E-state index contributed by atoms with van der Waals surface area (Å²) in [6.07, 6.45) is 1.72. The van der Waals surface area contributed by atoms with E-state index < -0.39 is 0 Å². The fourth-order valence-electron chi connectivity index (χ4n) is 1.67. The van der Waals surface area contributed by atoms with Gasteiger partial charge < -0.3 is 4.42 Å². The van der Waals surface area contributed by atoms with Crippen LogP contribution in [0.4, 0.5) is 0 Å². The predicted octanol–water partition coefficient (Wildman–Crippen LogP) is 4.36. The minimum atomic E-state index is -0.0808. The van der Waals surface area contributed by atoms with Gasteiger partial charge in [-0.2, -0.15) is 0 Å². The van der Waals surface area contributed by atoms with Crippen molar-refractivity contribution < 1.29 is 4.42 Å². The molecule has 0 aliphatic rings. The molecular formula is C14H15ClO. The molecule has 0 radical (unpaired) electrons. The van der Waals surface area contributed by atoms with Crippen molar-refractivity contribution >= 4 is 11.6 Å². The van der Waals surface area contributed by atoms with Crippen molar-refractivity contribution in [2.45, 2.75) is 25.1 Å². The monoisotopic (exact) mass is 234 g/mol. The number of benzene rings is 1. The van der Waals surface area contributed by atoms with Crippen molar-refractivity contribution in [3.05, 3.63) is 59.5 Å². The maximum Gasteiger partial charge on any atom is 0.122 e. The van der Waals surface area contributed by atoms with Gasteiger partial charge in [-0.25, -0.2) is 0 Å². The fourth-order valence-corrected chi connectivity index (χ4v) is 1.97. The Bertz CT molecular complexity index is 433. The van der Waals surface area contributed by atoms with Gasteiger partial charge in [-0.05, 0) is 24.1 Å². The molecule has 0 aliphatic heterocycles. The minimum absolute atomic E-state index is 0.0808. The molecule has 2 aromatic rings. The van der Waals surface area contributed by atoms with Crippen molar-refractivity contribution in [2.24, 2.45) is 0 Å². The van der Waals surface area contributed by atoms with Crippen molar-refractivity contribution in [3.63, 3.8) is 0 Å². The van der Waals surface area contributed by atoms with E-state index in [1.807, 2.05) is 30.3 Å². The molecule has 2 heteroatoms. The lowest BCUT2D eigenvalue weighted by atomic mass is 10.1. The summed E-state index contributed by atoms with van der Waals surface area (Å²) in [6, 6.07) is 14.2. The summed E-state index contributed by atoms with van der Waals surface area (Å²) in [5.74, 6) is 1.86. The Balaban J connectivity index is 2.05. The zero-order chi connectivity index (χ0) is 11.4. The SMILES string of the molecule is CCc1ccc(C(Cl)Cc2ccccc2)o1. The van der Waals surface area contributed by atoms with Crippen LogP contribution in [0.3, 0.4) is 0 Å². The van der Waals surface area contributed by atoms with Crippen molar-refractivity contribution in [2.75, 3.05) is 0 Å². The third kappa shape index (κ3) is 2.67. The molecule has 0 aliphatic carbocycles. The molecule has 0 saturated carbocycles. The molecule has 1 atom stereocenters. The fraction of sp³-hybridized carbons (Fsp3) is 0.286. The summed E-state index contributed by atoms with van der Waals surface area (Å²) in [5.41, 5.74) is 1.23. The number of hydrogen-bond donors (Lipinski definition) is 0. The van der Waals surface area contributed by atoms with Gasteiger partial charge in [-0.3, -0.25) is 0 Å². The van der Waals surface area contributed by atoms with Gasteiger partial charge in [0.15, 0.2) is 0 Å². The van der Waals surface area contributed by atoms with Gasteiger partial charge in [0, 0.05) is 6.42 Å². The van der Waals surface area contributed by atoms with Gasteiger partial charge in [0.05, 0.1) is 5.38 Å². The standard InChI is InChI=1S/C14H15ClO/c1-2-12-8-9-14(16-12)13(15)10-11-6-4-3-5-7-11/h3-9,13H,2,10H2,1H3. The van der Waals surface area contributed by atoms with E-state index >= 15 is 0 Å². The zero-order valence-electron chi connectivity index (χ0n) is 9.32. The summed E-state index contributed by atoms with van der Waals surface area (Å²) in [4.78, 5) is 0. The van der Waals surface area contributed by atoms with E-state index in [0.717, 1.165) is 24.4 Å². The highest BCUT2D eigenvalue weighted by Crippen LogP contribution is 2.26. The molecule has 0 amide bonds. The molecule has 0 spiro atoms. The second-order valence-corrected chi connectivity index (χ2v) is 4.34. The molecule has 1 heterocycles. The first kappa shape index (κ1) is 11.3. The molecule has 2 rings (SSSR count). The van der Waals surface area contributed by atoms with E-state index in [0.29, 0.717) is 0 Å². The van der Waals surface area contributed by atoms with Crippen LogP contribution in [0.25, 0.3) is 0 Å². The first-order chi connectivity index (χ1) is 7.79. The molecule has 1 nitrogen and oxygen atoms in total. The van der Waals surface area contributed by atoms with Gasteiger partial charge in [0.1, 0.15) is 11.5 Å². The Morgan fingerprint density at radius 2 is 1.88 bits per heavy atom. The largest absolute Gasteiger partial charge is 0.465 e. The highest BCUT2D eigenvalue weighted by molar-refractivity contribution is 6.20. The number of alkyl halides is 1. The van der Waals surface area contributed by atoms with Crippen LogP contribution in [0.15, 0.2) is 46.9 Å². The van der Waals surface area contributed by atoms with Crippen LogP contribution in [0.5, 0.6) is 0 Å². The molecular weight excluding hydrogens is 220 g/mol. The number of hydrogen-bond acceptors (Lipinski definition) is 1. The highest BCUT2D eigenvalue weighted by atomic mass is 35.5. The van der Waals surface area contributed by atoms with Gasteiger partial charge in [-0.15, -0.1) is 11.6 Å². The van der Waals surface area contributed by atoms with E-state index in [2.05, 4.69) is 19.1 Å².